The summed E-state index contributed by atoms with van der Waals surface area (Å²) < 4.78 is 0. The molecule has 2 N–H and O–H groups in total. The number of nitriles is 1. The molecule has 64 valence electrons. The molecule has 2 atom stereocenters. The fourth-order valence-corrected chi connectivity index (χ4v) is 1.92. The van der Waals surface area contributed by atoms with Gasteiger partial charge in [0.2, 0.25) is 0 Å². The first-order chi connectivity index (χ1) is 5.74. The Kier molecular flexibility index (Phi) is 3.27. The van der Waals surface area contributed by atoms with E-state index in [9.17, 15) is 0 Å². The largest absolute Gasteiger partial charge is 0.316 e. The topological polar surface area (TPSA) is 49.8 Å². The molecule has 12 heavy (non-hydrogen) atoms. The summed E-state index contributed by atoms with van der Waals surface area (Å²) in [6.45, 7) is 2.10. The van der Waals surface area contributed by atoms with Crippen LogP contribution in [0, 0.1) is 11.3 Å². The first-order valence-electron chi connectivity index (χ1n) is 3.92. The lowest BCUT2D eigenvalue weighted by molar-refractivity contribution is 0.637. The van der Waals surface area contributed by atoms with Crippen LogP contribution < -0.4 is 5.73 Å². The van der Waals surface area contributed by atoms with Gasteiger partial charge in [-0.05, 0) is 23.8 Å². The predicted octanol–water partition coefficient (Wildman–Crippen LogP) is 2.09. The first kappa shape index (κ1) is 9.24. The van der Waals surface area contributed by atoms with Gasteiger partial charge < -0.3 is 5.73 Å². The van der Waals surface area contributed by atoms with E-state index in [0.29, 0.717) is 5.92 Å². The fraction of sp³-hybridized carbons (Fsp3) is 0.444. The summed E-state index contributed by atoms with van der Waals surface area (Å²) in [5, 5.41) is 10.6. The Morgan fingerprint density at radius 2 is 2.50 bits per heavy atom. The average Bonchev–Trinajstić information content (AvgIpc) is 2.56. The van der Waals surface area contributed by atoms with Crippen molar-refractivity contribution in [1.82, 2.24) is 0 Å². The Bertz CT molecular complexity index is 261. The van der Waals surface area contributed by atoms with Crippen LogP contribution in [0.3, 0.4) is 0 Å². The van der Waals surface area contributed by atoms with E-state index in [1.165, 1.54) is 4.88 Å². The van der Waals surface area contributed by atoms with Crippen molar-refractivity contribution in [2.75, 3.05) is 0 Å². The van der Waals surface area contributed by atoms with Gasteiger partial charge in [-0.15, -0.1) is 11.3 Å². The summed E-state index contributed by atoms with van der Waals surface area (Å²) in [6.07, 6.45) is 0.747. The normalized spacial score (nSPS) is 15.1. The zero-order chi connectivity index (χ0) is 8.97. The SMILES string of the molecule is CC(CC(N)C#N)c1cccs1. The Morgan fingerprint density at radius 3 is 3.00 bits per heavy atom. The summed E-state index contributed by atoms with van der Waals surface area (Å²) in [5.74, 6) is 0.402. The van der Waals surface area contributed by atoms with Crippen LogP contribution in [0.25, 0.3) is 0 Å². The molecule has 0 aliphatic heterocycles. The minimum absolute atomic E-state index is 0.331. The lowest BCUT2D eigenvalue weighted by atomic mass is 10.0. The van der Waals surface area contributed by atoms with Crippen molar-refractivity contribution >= 4 is 11.3 Å². The third-order valence-corrected chi connectivity index (χ3v) is 2.91. The smallest absolute Gasteiger partial charge is 0.0934 e. The second-order valence-electron chi connectivity index (χ2n) is 2.89. The second-order valence-corrected chi connectivity index (χ2v) is 3.87. The monoisotopic (exact) mass is 180 g/mol. The van der Waals surface area contributed by atoms with Gasteiger partial charge in [-0.25, -0.2) is 0 Å². The van der Waals surface area contributed by atoms with Crippen molar-refractivity contribution in [2.45, 2.75) is 25.3 Å². The van der Waals surface area contributed by atoms with E-state index >= 15 is 0 Å². The van der Waals surface area contributed by atoms with Crippen molar-refractivity contribution < 1.29 is 0 Å². The van der Waals surface area contributed by atoms with Gasteiger partial charge in [0.25, 0.3) is 0 Å². The van der Waals surface area contributed by atoms with Crippen molar-refractivity contribution in [2.24, 2.45) is 5.73 Å². The molecule has 1 heterocycles. The van der Waals surface area contributed by atoms with Crippen molar-refractivity contribution in [3.63, 3.8) is 0 Å². The maximum atomic E-state index is 8.51. The standard InChI is InChI=1S/C9H12N2S/c1-7(5-8(11)6-10)9-3-2-4-12-9/h2-4,7-8H,5,11H2,1H3. The van der Waals surface area contributed by atoms with Crippen molar-refractivity contribution in [3.05, 3.63) is 22.4 Å². The molecule has 0 amide bonds. The fourth-order valence-electron chi connectivity index (χ4n) is 1.12. The zero-order valence-electron chi connectivity index (χ0n) is 7.03. The summed E-state index contributed by atoms with van der Waals surface area (Å²) >= 11 is 1.72. The van der Waals surface area contributed by atoms with E-state index in [-0.39, 0.29) is 6.04 Å². The summed E-state index contributed by atoms with van der Waals surface area (Å²) in [7, 11) is 0. The zero-order valence-corrected chi connectivity index (χ0v) is 7.84. The van der Waals surface area contributed by atoms with Gasteiger partial charge in [0.1, 0.15) is 0 Å². The highest BCUT2D eigenvalue weighted by atomic mass is 32.1. The van der Waals surface area contributed by atoms with Crippen LogP contribution in [0.15, 0.2) is 17.5 Å². The third kappa shape index (κ3) is 2.33. The van der Waals surface area contributed by atoms with Gasteiger partial charge in [-0.1, -0.05) is 13.0 Å². The first-order valence-corrected chi connectivity index (χ1v) is 4.80. The maximum Gasteiger partial charge on any atom is 0.0934 e. The van der Waals surface area contributed by atoms with Gasteiger partial charge in [0.05, 0.1) is 12.1 Å². The van der Waals surface area contributed by atoms with Crippen molar-refractivity contribution in [3.8, 4) is 6.07 Å². The lowest BCUT2D eigenvalue weighted by Gasteiger charge is -2.09. The summed E-state index contributed by atoms with van der Waals surface area (Å²) in [4.78, 5) is 1.31. The van der Waals surface area contributed by atoms with Gasteiger partial charge in [0, 0.05) is 4.88 Å². The summed E-state index contributed by atoms with van der Waals surface area (Å²) in [6, 6.07) is 5.81. The van der Waals surface area contributed by atoms with Gasteiger partial charge in [-0.2, -0.15) is 5.26 Å². The van der Waals surface area contributed by atoms with Gasteiger partial charge >= 0.3 is 0 Å². The van der Waals surface area contributed by atoms with Crippen LogP contribution in [0.1, 0.15) is 24.1 Å². The Balaban J connectivity index is 2.51. The molecular formula is C9H12N2S. The molecule has 1 rings (SSSR count). The van der Waals surface area contributed by atoms with E-state index in [1.807, 2.05) is 17.5 Å². The van der Waals surface area contributed by atoms with E-state index < -0.39 is 0 Å². The minimum Gasteiger partial charge on any atom is -0.316 e. The van der Waals surface area contributed by atoms with Crippen LogP contribution in [-0.4, -0.2) is 6.04 Å². The van der Waals surface area contributed by atoms with Crippen LogP contribution in [0.4, 0.5) is 0 Å². The molecule has 1 aromatic heterocycles. The van der Waals surface area contributed by atoms with Crippen LogP contribution >= 0.6 is 11.3 Å². The quantitative estimate of drug-likeness (QED) is 0.774. The molecule has 0 aromatic carbocycles. The Labute approximate surface area is 76.6 Å². The van der Waals surface area contributed by atoms with Gasteiger partial charge in [0.15, 0.2) is 0 Å². The number of hydrogen-bond acceptors (Lipinski definition) is 3. The van der Waals surface area contributed by atoms with E-state index in [4.69, 9.17) is 11.0 Å². The molecule has 0 aliphatic carbocycles. The number of nitrogens with zero attached hydrogens (tertiary/aromatic N) is 1. The predicted molar refractivity (Wildman–Crippen MR) is 50.9 cm³/mol. The molecule has 2 nitrogen and oxygen atoms in total. The number of rotatable bonds is 3. The molecule has 0 saturated carbocycles. The highest BCUT2D eigenvalue weighted by Gasteiger charge is 2.10. The molecule has 3 heteroatoms. The molecule has 0 spiro atoms. The maximum absolute atomic E-state index is 8.51. The van der Waals surface area contributed by atoms with Crippen LogP contribution in [0.5, 0.6) is 0 Å². The number of nitrogens with two attached hydrogens (primary N) is 1. The van der Waals surface area contributed by atoms with Crippen molar-refractivity contribution in [1.29, 1.82) is 5.26 Å². The summed E-state index contributed by atoms with van der Waals surface area (Å²) in [5.41, 5.74) is 5.52. The molecule has 0 radical (unpaired) electrons. The lowest BCUT2D eigenvalue weighted by Crippen LogP contribution is -2.19. The van der Waals surface area contributed by atoms with E-state index in [0.717, 1.165) is 6.42 Å². The molecule has 0 saturated heterocycles. The highest BCUT2D eigenvalue weighted by molar-refractivity contribution is 7.10. The average molecular weight is 180 g/mol. The minimum atomic E-state index is -0.331. The van der Waals surface area contributed by atoms with Crippen LogP contribution in [-0.2, 0) is 0 Å². The second kappa shape index (κ2) is 4.24. The molecule has 0 bridgehead atoms. The van der Waals surface area contributed by atoms with E-state index in [1.54, 1.807) is 11.3 Å². The molecule has 0 fully saturated rings. The number of hydrogen-bond donors (Lipinski definition) is 1. The van der Waals surface area contributed by atoms with Crippen LogP contribution in [0.2, 0.25) is 0 Å². The number of thiophene rings is 1. The molecule has 0 aliphatic rings. The van der Waals surface area contributed by atoms with Gasteiger partial charge in [-0.3, -0.25) is 0 Å². The van der Waals surface area contributed by atoms with E-state index in [2.05, 4.69) is 13.0 Å². The highest BCUT2D eigenvalue weighted by Crippen LogP contribution is 2.24. The Hall–Kier alpha value is -0.850. The molecule has 1 aromatic rings. The molecular weight excluding hydrogens is 168 g/mol. The third-order valence-electron chi connectivity index (χ3n) is 1.80. The molecule has 2 unspecified atom stereocenters. The Morgan fingerprint density at radius 1 is 1.75 bits per heavy atom.